The van der Waals surface area contributed by atoms with E-state index >= 15 is 0 Å². The van der Waals surface area contributed by atoms with E-state index in [9.17, 15) is 14.7 Å². The standard InChI is InChI=1S/C14H19NO3S/c1-10(16)15-12(13(17)18)14(2,3)19-9-11-7-5-4-6-8-11/h4-8,12H,9H2,1-3H3,(H,15,16)(H,17,18)/t12-/m0/s1. The Morgan fingerprint density at radius 1 is 1.32 bits per heavy atom. The summed E-state index contributed by atoms with van der Waals surface area (Å²) >= 11 is 1.51. The van der Waals surface area contributed by atoms with E-state index < -0.39 is 16.8 Å². The summed E-state index contributed by atoms with van der Waals surface area (Å²) in [5, 5.41) is 11.7. The fraction of sp³-hybridized carbons (Fsp3) is 0.429. The lowest BCUT2D eigenvalue weighted by atomic mass is 10.0. The van der Waals surface area contributed by atoms with E-state index in [0.717, 1.165) is 5.56 Å². The summed E-state index contributed by atoms with van der Waals surface area (Å²) < 4.78 is -0.590. The average molecular weight is 281 g/mol. The average Bonchev–Trinajstić information content (AvgIpc) is 2.34. The Hall–Kier alpha value is -1.49. The highest BCUT2D eigenvalue weighted by Gasteiger charge is 2.36. The first-order chi connectivity index (χ1) is 8.83. The maximum absolute atomic E-state index is 11.3. The maximum Gasteiger partial charge on any atom is 0.327 e. The van der Waals surface area contributed by atoms with Crippen LogP contribution < -0.4 is 5.32 Å². The molecule has 1 rings (SSSR count). The Morgan fingerprint density at radius 3 is 2.37 bits per heavy atom. The number of carboxylic acid groups (broad SMARTS) is 1. The van der Waals surface area contributed by atoms with Crippen LogP contribution in [0.25, 0.3) is 0 Å². The van der Waals surface area contributed by atoms with Crippen LogP contribution in [0, 0.1) is 0 Å². The van der Waals surface area contributed by atoms with Gasteiger partial charge in [0.15, 0.2) is 0 Å². The number of rotatable bonds is 6. The topological polar surface area (TPSA) is 66.4 Å². The molecular weight excluding hydrogens is 262 g/mol. The number of amides is 1. The molecule has 0 bridgehead atoms. The van der Waals surface area contributed by atoms with Crippen LogP contribution in [-0.4, -0.2) is 27.8 Å². The van der Waals surface area contributed by atoms with E-state index in [1.54, 1.807) is 0 Å². The van der Waals surface area contributed by atoms with Crippen molar-refractivity contribution in [2.75, 3.05) is 0 Å². The molecular formula is C14H19NO3S. The van der Waals surface area contributed by atoms with Gasteiger partial charge < -0.3 is 10.4 Å². The van der Waals surface area contributed by atoms with Gasteiger partial charge in [0, 0.05) is 17.4 Å². The number of hydrogen-bond donors (Lipinski definition) is 2. The van der Waals surface area contributed by atoms with Crippen molar-refractivity contribution in [3.8, 4) is 0 Å². The highest BCUT2D eigenvalue weighted by atomic mass is 32.2. The van der Waals surface area contributed by atoms with Crippen LogP contribution in [0.2, 0.25) is 0 Å². The third kappa shape index (κ3) is 4.95. The van der Waals surface area contributed by atoms with Gasteiger partial charge in [0.2, 0.25) is 5.91 Å². The summed E-state index contributed by atoms with van der Waals surface area (Å²) in [5.74, 6) is -0.640. The maximum atomic E-state index is 11.3. The summed E-state index contributed by atoms with van der Waals surface area (Å²) in [4.78, 5) is 22.4. The number of nitrogens with one attached hydrogen (secondary N) is 1. The molecule has 0 radical (unpaired) electrons. The van der Waals surface area contributed by atoms with Gasteiger partial charge in [-0.2, -0.15) is 0 Å². The van der Waals surface area contributed by atoms with E-state index in [1.807, 2.05) is 44.2 Å². The molecule has 5 heteroatoms. The van der Waals surface area contributed by atoms with Crippen LogP contribution in [0.3, 0.4) is 0 Å². The fourth-order valence-corrected chi connectivity index (χ4v) is 2.72. The first-order valence-corrected chi connectivity index (χ1v) is 6.99. The van der Waals surface area contributed by atoms with Gasteiger partial charge in [0.1, 0.15) is 6.04 Å². The van der Waals surface area contributed by atoms with Crippen LogP contribution >= 0.6 is 11.8 Å². The summed E-state index contributed by atoms with van der Waals surface area (Å²) in [7, 11) is 0. The molecule has 1 amide bonds. The van der Waals surface area contributed by atoms with Crippen LogP contribution in [0.1, 0.15) is 26.3 Å². The Morgan fingerprint density at radius 2 is 1.89 bits per heavy atom. The van der Waals surface area contributed by atoms with Crippen molar-refractivity contribution in [1.82, 2.24) is 5.32 Å². The fourth-order valence-electron chi connectivity index (χ4n) is 1.66. The number of carbonyl (C=O) groups excluding carboxylic acids is 1. The summed E-state index contributed by atoms with van der Waals surface area (Å²) in [6.45, 7) is 4.98. The number of benzene rings is 1. The highest BCUT2D eigenvalue weighted by molar-refractivity contribution is 7.99. The Kier molecular flexibility index (Phi) is 5.42. The summed E-state index contributed by atoms with van der Waals surface area (Å²) in [6, 6.07) is 8.93. The Bertz CT molecular complexity index is 445. The number of hydrogen-bond acceptors (Lipinski definition) is 3. The molecule has 0 heterocycles. The van der Waals surface area contributed by atoms with Gasteiger partial charge in [0.05, 0.1) is 0 Å². The predicted octanol–water partition coefficient (Wildman–Crippen LogP) is 2.29. The molecule has 0 unspecified atom stereocenters. The molecule has 0 aliphatic rings. The molecule has 0 spiro atoms. The third-order valence-electron chi connectivity index (χ3n) is 2.74. The van der Waals surface area contributed by atoms with Crippen molar-refractivity contribution in [2.24, 2.45) is 0 Å². The molecule has 0 saturated heterocycles. The molecule has 0 aliphatic carbocycles. The van der Waals surface area contributed by atoms with Crippen LogP contribution in [0.4, 0.5) is 0 Å². The SMILES string of the molecule is CC(=O)N[C@@H](C(=O)O)C(C)(C)SCc1ccccc1. The van der Waals surface area contributed by atoms with Crippen LogP contribution in [0.15, 0.2) is 30.3 Å². The van der Waals surface area contributed by atoms with Crippen LogP contribution in [0.5, 0.6) is 0 Å². The van der Waals surface area contributed by atoms with Crippen molar-refractivity contribution >= 4 is 23.6 Å². The highest BCUT2D eigenvalue weighted by Crippen LogP contribution is 2.31. The quantitative estimate of drug-likeness (QED) is 0.839. The number of aliphatic carboxylic acids is 1. The Balaban J connectivity index is 2.71. The Labute approximate surface area is 117 Å². The lowest BCUT2D eigenvalue weighted by molar-refractivity contribution is -0.142. The molecule has 0 aromatic heterocycles. The van der Waals surface area contributed by atoms with Gasteiger partial charge in [-0.3, -0.25) is 4.79 Å². The normalized spacial score (nSPS) is 12.8. The second-order valence-electron chi connectivity index (χ2n) is 4.85. The molecule has 0 saturated carbocycles. The van der Waals surface area contributed by atoms with Gasteiger partial charge in [-0.1, -0.05) is 30.3 Å². The number of carbonyl (C=O) groups is 2. The van der Waals surface area contributed by atoms with Gasteiger partial charge >= 0.3 is 5.97 Å². The van der Waals surface area contributed by atoms with E-state index in [1.165, 1.54) is 18.7 Å². The molecule has 0 aliphatic heterocycles. The smallest absolute Gasteiger partial charge is 0.327 e. The van der Waals surface area contributed by atoms with Crippen molar-refractivity contribution in [1.29, 1.82) is 0 Å². The lowest BCUT2D eigenvalue weighted by Crippen LogP contribution is -2.52. The molecule has 1 atom stereocenters. The monoisotopic (exact) mass is 281 g/mol. The molecule has 1 aromatic rings. The van der Waals surface area contributed by atoms with E-state index in [0.29, 0.717) is 5.75 Å². The van der Waals surface area contributed by atoms with Crippen molar-refractivity contribution in [3.05, 3.63) is 35.9 Å². The minimum absolute atomic E-state index is 0.333. The first-order valence-electron chi connectivity index (χ1n) is 6.00. The summed E-state index contributed by atoms with van der Waals surface area (Å²) in [6.07, 6.45) is 0. The minimum Gasteiger partial charge on any atom is -0.480 e. The lowest BCUT2D eigenvalue weighted by Gasteiger charge is -2.31. The van der Waals surface area contributed by atoms with E-state index in [2.05, 4.69) is 5.32 Å². The number of carboxylic acids is 1. The van der Waals surface area contributed by atoms with Gasteiger partial charge in [-0.05, 0) is 19.4 Å². The summed E-state index contributed by atoms with van der Waals surface area (Å²) in [5.41, 5.74) is 1.13. The zero-order chi connectivity index (χ0) is 14.5. The van der Waals surface area contributed by atoms with Crippen LogP contribution in [-0.2, 0) is 15.3 Å². The molecule has 19 heavy (non-hydrogen) atoms. The van der Waals surface area contributed by atoms with Crippen molar-refractivity contribution in [3.63, 3.8) is 0 Å². The van der Waals surface area contributed by atoms with Gasteiger partial charge in [0.25, 0.3) is 0 Å². The minimum atomic E-state index is -1.01. The first kappa shape index (κ1) is 15.6. The molecule has 0 fully saturated rings. The van der Waals surface area contributed by atoms with Gasteiger partial charge in [-0.15, -0.1) is 11.8 Å². The predicted molar refractivity (Wildman–Crippen MR) is 77.1 cm³/mol. The van der Waals surface area contributed by atoms with E-state index in [4.69, 9.17) is 0 Å². The third-order valence-corrected chi connectivity index (χ3v) is 4.20. The molecule has 1 aromatic carbocycles. The molecule has 4 nitrogen and oxygen atoms in total. The zero-order valence-electron chi connectivity index (χ0n) is 11.3. The second kappa shape index (κ2) is 6.61. The molecule has 104 valence electrons. The zero-order valence-corrected chi connectivity index (χ0v) is 12.2. The second-order valence-corrected chi connectivity index (χ2v) is 6.48. The van der Waals surface area contributed by atoms with E-state index in [-0.39, 0.29) is 5.91 Å². The molecule has 2 N–H and O–H groups in total. The largest absolute Gasteiger partial charge is 0.480 e. The van der Waals surface area contributed by atoms with Gasteiger partial charge in [-0.25, -0.2) is 4.79 Å². The van der Waals surface area contributed by atoms with Crippen molar-refractivity contribution in [2.45, 2.75) is 37.3 Å². The van der Waals surface area contributed by atoms with Crippen molar-refractivity contribution < 1.29 is 14.7 Å². The number of thioether (sulfide) groups is 1.